The molecule has 0 radical (unpaired) electrons. The number of nitrogen functional groups attached to an aromatic ring is 1. The third-order valence-corrected chi connectivity index (χ3v) is 4.04. The topological polar surface area (TPSA) is 115 Å². The molecule has 0 aliphatic carbocycles. The lowest BCUT2D eigenvalue weighted by molar-refractivity contribution is -0.274. The maximum Gasteiger partial charge on any atom is 0.573 e. The molecule has 3 aromatic rings. The molecule has 160 valence electrons. The third-order valence-electron chi connectivity index (χ3n) is 4.04. The van der Waals surface area contributed by atoms with Gasteiger partial charge in [-0.3, -0.25) is 4.79 Å². The molecule has 7 nitrogen and oxygen atoms in total. The van der Waals surface area contributed by atoms with E-state index in [1.807, 2.05) is 35.9 Å². The van der Waals surface area contributed by atoms with Gasteiger partial charge in [-0.25, -0.2) is 4.79 Å². The molecule has 30 heavy (non-hydrogen) atoms. The molecular weight excluding hydrogens is 405 g/mol. The summed E-state index contributed by atoms with van der Waals surface area (Å²) in [7, 11) is 0. The van der Waals surface area contributed by atoms with Crippen LogP contribution in [-0.2, 0) is 11.3 Å². The Morgan fingerprint density at radius 2 is 1.80 bits per heavy atom. The number of benzene rings is 2. The van der Waals surface area contributed by atoms with Gasteiger partial charge in [-0.05, 0) is 36.8 Å². The zero-order valence-electron chi connectivity index (χ0n) is 15.8. The molecule has 0 bridgehead atoms. The molecule has 0 unspecified atom stereocenters. The maximum atomic E-state index is 11.8. The van der Waals surface area contributed by atoms with Crippen LogP contribution in [0.3, 0.4) is 0 Å². The molecule has 2 aromatic carbocycles. The molecule has 10 heteroatoms. The molecule has 0 aliphatic heterocycles. The number of aromatic nitrogens is 1. The summed E-state index contributed by atoms with van der Waals surface area (Å²) >= 11 is 0. The number of hydrogen-bond acceptors (Lipinski definition) is 4. The molecular formula is C20H19F3N2O5. The molecule has 1 heterocycles. The standard InChI is InChI=1S/C12H13NO2.C8H6F3NO3/c1-9-8-13(7-6-12(14)15)11-5-3-2-4-10(9)11;9-8(10,11)15-6-3-4(7(13)14)1-2-5(6)12/h2-5,8H,6-7H2,1H3,(H,14,15);1-3H,12H2,(H,13,14). The first-order valence-corrected chi connectivity index (χ1v) is 8.62. The van der Waals surface area contributed by atoms with Crippen molar-refractivity contribution in [3.8, 4) is 5.75 Å². The number of carbonyl (C=O) groups is 2. The Kier molecular flexibility index (Phi) is 6.93. The van der Waals surface area contributed by atoms with E-state index in [1.165, 1.54) is 10.9 Å². The van der Waals surface area contributed by atoms with Gasteiger partial charge in [-0.1, -0.05) is 18.2 Å². The Balaban J connectivity index is 0.000000214. The van der Waals surface area contributed by atoms with Gasteiger partial charge < -0.3 is 25.3 Å². The van der Waals surface area contributed by atoms with Crippen molar-refractivity contribution in [3.05, 3.63) is 59.8 Å². The average molecular weight is 424 g/mol. The third kappa shape index (κ3) is 6.16. The number of para-hydroxylation sites is 1. The van der Waals surface area contributed by atoms with Gasteiger partial charge in [-0.2, -0.15) is 0 Å². The molecule has 0 fully saturated rings. The number of aromatic carboxylic acids is 1. The number of aliphatic carboxylic acids is 1. The highest BCUT2D eigenvalue weighted by Crippen LogP contribution is 2.29. The van der Waals surface area contributed by atoms with Crippen LogP contribution in [0.5, 0.6) is 5.75 Å². The highest BCUT2D eigenvalue weighted by Gasteiger charge is 2.32. The number of carboxylic acids is 2. The number of aryl methyl sites for hydroxylation is 2. The summed E-state index contributed by atoms with van der Waals surface area (Å²) in [6.07, 6.45) is -2.73. The lowest BCUT2D eigenvalue weighted by Crippen LogP contribution is -2.18. The second kappa shape index (κ2) is 9.21. The lowest BCUT2D eigenvalue weighted by Gasteiger charge is -2.11. The van der Waals surface area contributed by atoms with Crippen molar-refractivity contribution in [1.29, 1.82) is 0 Å². The number of anilines is 1. The molecule has 0 saturated heterocycles. The number of carboxylic acid groups (broad SMARTS) is 2. The minimum Gasteiger partial charge on any atom is -0.481 e. The molecule has 4 N–H and O–H groups in total. The van der Waals surface area contributed by atoms with Gasteiger partial charge in [0.05, 0.1) is 17.7 Å². The summed E-state index contributed by atoms with van der Waals surface area (Å²) in [4.78, 5) is 21.0. The fraction of sp³-hybridized carbons (Fsp3) is 0.200. The Hall–Kier alpha value is -3.69. The van der Waals surface area contributed by atoms with Gasteiger partial charge >= 0.3 is 18.3 Å². The van der Waals surface area contributed by atoms with E-state index in [2.05, 4.69) is 10.8 Å². The summed E-state index contributed by atoms with van der Waals surface area (Å²) in [5.74, 6) is -2.84. The smallest absolute Gasteiger partial charge is 0.481 e. The first-order valence-electron chi connectivity index (χ1n) is 8.62. The van der Waals surface area contributed by atoms with Gasteiger partial charge in [0.1, 0.15) is 0 Å². The second-order valence-corrected chi connectivity index (χ2v) is 6.27. The largest absolute Gasteiger partial charge is 0.573 e. The fourth-order valence-electron chi connectivity index (χ4n) is 2.71. The van der Waals surface area contributed by atoms with E-state index in [9.17, 15) is 22.8 Å². The van der Waals surface area contributed by atoms with Crippen LogP contribution in [0.15, 0.2) is 48.7 Å². The number of alkyl halides is 3. The summed E-state index contributed by atoms with van der Waals surface area (Å²) in [6.45, 7) is 2.57. The first kappa shape index (κ1) is 22.6. The van der Waals surface area contributed by atoms with Gasteiger partial charge in [-0.15, -0.1) is 13.2 Å². The Bertz CT molecular complexity index is 1060. The van der Waals surface area contributed by atoms with Crippen molar-refractivity contribution < 1.29 is 37.7 Å². The average Bonchev–Trinajstić information content (AvgIpc) is 2.97. The molecule has 0 aliphatic rings. The van der Waals surface area contributed by atoms with Crippen molar-refractivity contribution in [2.24, 2.45) is 0 Å². The quantitative estimate of drug-likeness (QED) is 0.527. The Morgan fingerprint density at radius 1 is 1.13 bits per heavy atom. The summed E-state index contributed by atoms with van der Waals surface area (Å²) in [5, 5.41) is 18.4. The van der Waals surface area contributed by atoms with E-state index in [1.54, 1.807) is 0 Å². The predicted octanol–water partition coefficient (Wildman–Crippen LogP) is 4.29. The van der Waals surface area contributed by atoms with E-state index < -0.39 is 24.1 Å². The minimum absolute atomic E-state index is 0.165. The number of rotatable bonds is 5. The van der Waals surface area contributed by atoms with Crippen molar-refractivity contribution >= 4 is 28.5 Å². The first-order chi connectivity index (χ1) is 14.0. The van der Waals surface area contributed by atoms with E-state index in [0.29, 0.717) is 12.6 Å². The molecule has 0 atom stereocenters. The predicted molar refractivity (Wildman–Crippen MR) is 103 cm³/mol. The number of nitrogens with two attached hydrogens (primary N) is 1. The normalized spacial score (nSPS) is 10.9. The molecule has 0 saturated carbocycles. The SMILES string of the molecule is Cc1cn(CCC(=O)O)c2ccccc12.Nc1ccc(C(=O)O)cc1OC(F)(F)F. The van der Waals surface area contributed by atoms with Crippen LogP contribution in [0.2, 0.25) is 0 Å². The number of halogens is 3. The summed E-state index contributed by atoms with van der Waals surface area (Å²) in [5.41, 5.74) is 6.87. The van der Waals surface area contributed by atoms with Crippen LogP contribution in [0.4, 0.5) is 18.9 Å². The molecule has 3 rings (SSSR count). The number of ether oxygens (including phenoxy) is 1. The van der Waals surface area contributed by atoms with Crippen molar-refractivity contribution in [2.45, 2.75) is 26.3 Å². The van der Waals surface area contributed by atoms with Crippen molar-refractivity contribution in [2.75, 3.05) is 5.73 Å². The number of nitrogens with zero attached hydrogens (tertiary/aromatic N) is 1. The zero-order valence-corrected chi connectivity index (χ0v) is 15.8. The number of fused-ring (bicyclic) bond motifs is 1. The zero-order chi connectivity index (χ0) is 22.5. The maximum absolute atomic E-state index is 11.8. The summed E-state index contributed by atoms with van der Waals surface area (Å²) < 4.78 is 41.0. The number of hydrogen-bond donors (Lipinski definition) is 3. The highest BCUT2D eigenvalue weighted by molar-refractivity contribution is 5.89. The van der Waals surface area contributed by atoms with Crippen LogP contribution >= 0.6 is 0 Å². The van der Waals surface area contributed by atoms with Gasteiger partial charge in [0.2, 0.25) is 0 Å². The molecule has 1 aromatic heterocycles. The highest BCUT2D eigenvalue weighted by atomic mass is 19.4. The van der Waals surface area contributed by atoms with Crippen molar-refractivity contribution in [3.63, 3.8) is 0 Å². The second-order valence-electron chi connectivity index (χ2n) is 6.27. The van der Waals surface area contributed by atoms with Crippen LogP contribution in [0.25, 0.3) is 10.9 Å². The fourth-order valence-corrected chi connectivity index (χ4v) is 2.71. The van der Waals surface area contributed by atoms with Crippen LogP contribution in [0, 0.1) is 6.92 Å². The lowest BCUT2D eigenvalue weighted by atomic mass is 10.2. The van der Waals surface area contributed by atoms with Gasteiger partial charge in [0.15, 0.2) is 5.75 Å². The van der Waals surface area contributed by atoms with E-state index in [-0.39, 0.29) is 17.7 Å². The van der Waals surface area contributed by atoms with E-state index >= 15 is 0 Å². The minimum atomic E-state index is -4.90. The van der Waals surface area contributed by atoms with Crippen LogP contribution < -0.4 is 10.5 Å². The molecule has 0 amide bonds. The Labute approximate surface area is 169 Å². The van der Waals surface area contributed by atoms with Crippen LogP contribution in [-0.4, -0.2) is 33.1 Å². The monoisotopic (exact) mass is 424 g/mol. The van der Waals surface area contributed by atoms with Gasteiger partial charge in [0.25, 0.3) is 0 Å². The van der Waals surface area contributed by atoms with Crippen molar-refractivity contribution in [1.82, 2.24) is 4.57 Å². The van der Waals surface area contributed by atoms with E-state index in [4.69, 9.17) is 15.9 Å². The van der Waals surface area contributed by atoms with E-state index in [0.717, 1.165) is 17.6 Å². The van der Waals surface area contributed by atoms with Crippen LogP contribution in [0.1, 0.15) is 22.3 Å². The van der Waals surface area contributed by atoms with Gasteiger partial charge in [0, 0.05) is 23.6 Å². The molecule has 0 spiro atoms. The summed E-state index contributed by atoms with van der Waals surface area (Å²) in [6, 6.07) is 10.9. The Morgan fingerprint density at radius 3 is 2.40 bits per heavy atom.